The molecule has 0 aromatic heterocycles. The zero-order chi connectivity index (χ0) is 10.1. The molecule has 1 heterocycles. The molecule has 0 saturated carbocycles. The molecule has 1 rings (SSSR count). The Morgan fingerprint density at radius 3 is 2.54 bits per heavy atom. The molecule has 0 aliphatic carbocycles. The Bertz CT molecular complexity index is 163. The summed E-state index contributed by atoms with van der Waals surface area (Å²) in [5, 5.41) is 3.66. The topological polar surface area (TPSA) is 15.3 Å². The molecule has 1 aliphatic heterocycles. The van der Waals surface area contributed by atoms with E-state index in [1.54, 1.807) is 0 Å². The highest BCUT2D eigenvalue weighted by Gasteiger charge is 2.27. The van der Waals surface area contributed by atoms with Crippen LogP contribution in [0.3, 0.4) is 0 Å². The van der Waals surface area contributed by atoms with Crippen LogP contribution in [0.15, 0.2) is 0 Å². The van der Waals surface area contributed by atoms with E-state index in [1.807, 2.05) is 0 Å². The number of nitrogens with one attached hydrogen (secondary N) is 1. The maximum atomic E-state index is 3.66. The Hall–Kier alpha value is -0.0800. The van der Waals surface area contributed by atoms with Crippen molar-refractivity contribution in [1.29, 1.82) is 0 Å². The first-order valence-corrected chi connectivity index (χ1v) is 5.42. The highest BCUT2D eigenvalue weighted by atomic mass is 15.2. The zero-order valence-electron chi connectivity index (χ0n) is 9.72. The smallest absolute Gasteiger partial charge is 0.0254 e. The monoisotopic (exact) mass is 184 g/mol. The summed E-state index contributed by atoms with van der Waals surface area (Å²) in [6, 6.07) is 1.32. The Morgan fingerprint density at radius 1 is 1.38 bits per heavy atom. The molecule has 1 N–H and O–H groups in total. The minimum Gasteiger partial charge on any atom is -0.308 e. The zero-order valence-corrected chi connectivity index (χ0v) is 9.72. The lowest BCUT2D eigenvalue weighted by atomic mass is 10.0. The van der Waals surface area contributed by atoms with E-state index in [0.29, 0.717) is 12.1 Å². The summed E-state index contributed by atoms with van der Waals surface area (Å²) in [4.78, 5) is 2.57. The molecule has 0 aromatic rings. The van der Waals surface area contributed by atoms with Gasteiger partial charge in [-0.15, -0.1) is 0 Å². The molecule has 1 unspecified atom stereocenters. The Morgan fingerprint density at radius 2 is 2.00 bits per heavy atom. The summed E-state index contributed by atoms with van der Waals surface area (Å²) in [5.74, 6) is 0. The van der Waals surface area contributed by atoms with Crippen molar-refractivity contribution in [3.8, 4) is 0 Å². The van der Waals surface area contributed by atoms with E-state index in [2.05, 4.69) is 44.8 Å². The minimum absolute atomic E-state index is 0.264. The highest BCUT2D eigenvalue weighted by molar-refractivity contribution is 4.88. The quantitative estimate of drug-likeness (QED) is 0.669. The van der Waals surface area contributed by atoms with Gasteiger partial charge in [-0.3, -0.25) is 4.90 Å². The van der Waals surface area contributed by atoms with Crippen molar-refractivity contribution in [2.75, 3.05) is 13.1 Å². The molecule has 1 aliphatic rings. The minimum atomic E-state index is 0.264. The normalized spacial score (nSPS) is 30.5. The van der Waals surface area contributed by atoms with Crippen LogP contribution in [-0.2, 0) is 0 Å². The number of hydrogen-bond acceptors (Lipinski definition) is 2. The second-order valence-corrected chi connectivity index (χ2v) is 5.28. The summed E-state index contributed by atoms with van der Waals surface area (Å²) in [6.07, 6.45) is 1.27. The third-order valence-corrected chi connectivity index (χ3v) is 2.82. The molecular formula is C11H24N2. The van der Waals surface area contributed by atoms with Crippen molar-refractivity contribution in [1.82, 2.24) is 10.2 Å². The average molecular weight is 184 g/mol. The van der Waals surface area contributed by atoms with E-state index in [9.17, 15) is 0 Å². The molecule has 13 heavy (non-hydrogen) atoms. The molecular weight excluding hydrogens is 160 g/mol. The van der Waals surface area contributed by atoms with Crippen molar-refractivity contribution < 1.29 is 0 Å². The van der Waals surface area contributed by atoms with E-state index in [1.165, 1.54) is 13.0 Å². The summed E-state index contributed by atoms with van der Waals surface area (Å²) >= 11 is 0. The van der Waals surface area contributed by atoms with Gasteiger partial charge >= 0.3 is 0 Å². The van der Waals surface area contributed by atoms with Gasteiger partial charge in [0, 0.05) is 24.2 Å². The van der Waals surface area contributed by atoms with Gasteiger partial charge in [0.1, 0.15) is 0 Å². The molecule has 1 fully saturated rings. The first-order chi connectivity index (χ1) is 5.91. The van der Waals surface area contributed by atoms with Crippen LogP contribution in [0.1, 0.15) is 41.0 Å². The molecule has 0 amide bonds. The van der Waals surface area contributed by atoms with Gasteiger partial charge in [-0.1, -0.05) is 0 Å². The molecule has 1 atom stereocenters. The first-order valence-electron chi connectivity index (χ1n) is 5.42. The second-order valence-electron chi connectivity index (χ2n) is 5.28. The lowest BCUT2D eigenvalue weighted by Crippen LogP contribution is -2.49. The SMILES string of the molecule is CC1CCN(C(C)C)CC(C)(C)N1. The van der Waals surface area contributed by atoms with Gasteiger partial charge in [-0.25, -0.2) is 0 Å². The molecule has 2 nitrogen and oxygen atoms in total. The second kappa shape index (κ2) is 3.97. The van der Waals surface area contributed by atoms with Crippen LogP contribution in [0.2, 0.25) is 0 Å². The third-order valence-electron chi connectivity index (χ3n) is 2.82. The van der Waals surface area contributed by atoms with Gasteiger partial charge < -0.3 is 5.32 Å². The fourth-order valence-corrected chi connectivity index (χ4v) is 2.17. The summed E-state index contributed by atoms with van der Waals surface area (Å²) < 4.78 is 0. The van der Waals surface area contributed by atoms with Crippen molar-refractivity contribution in [3.63, 3.8) is 0 Å². The molecule has 0 radical (unpaired) electrons. The van der Waals surface area contributed by atoms with Crippen molar-refractivity contribution in [2.45, 2.75) is 58.7 Å². The van der Waals surface area contributed by atoms with Crippen molar-refractivity contribution >= 4 is 0 Å². The van der Waals surface area contributed by atoms with E-state index in [4.69, 9.17) is 0 Å². The largest absolute Gasteiger partial charge is 0.308 e. The van der Waals surface area contributed by atoms with E-state index < -0.39 is 0 Å². The van der Waals surface area contributed by atoms with Gasteiger partial charge in [0.15, 0.2) is 0 Å². The molecule has 0 bridgehead atoms. The average Bonchev–Trinajstić information content (AvgIpc) is 2.07. The number of rotatable bonds is 1. The van der Waals surface area contributed by atoms with Crippen LogP contribution in [0.5, 0.6) is 0 Å². The van der Waals surface area contributed by atoms with Gasteiger partial charge in [0.05, 0.1) is 0 Å². The van der Waals surface area contributed by atoms with Crippen molar-refractivity contribution in [3.05, 3.63) is 0 Å². The number of nitrogens with zero attached hydrogens (tertiary/aromatic N) is 1. The molecule has 2 heteroatoms. The number of hydrogen-bond donors (Lipinski definition) is 1. The van der Waals surface area contributed by atoms with Gasteiger partial charge in [-0.2, -0.15) is 0 Å². The van der Waals surface area contributed by atoms with Crippen LogP contribution >= 0.6 is 0 Å². The summed E-state index contributed by atoms with van der Waals surface area (Å²) in [6.45, 7) is 13.8. The Kier molecular flexibility index (Phi) is 3.36. The highest BCUT2D eigenvalue weighted by Crippen LogP contribution is 2.15. The van der Waals surface area contributed by atoms with Crippen LogP contribution in [0.4, 0.5) is 0 Å². The summed E-state index contributed by atoms with van der Waals surface area (Å²) in [7, 11) is 0. The predicted molar refractivity (Wildman–Crippen MR) is 58.0 cm³/mol. The fraction of sp³-hybridized carbons (Fsp3) is 1.00. The predicted octanol–water partition coefficient (Wildman–Crippen LogP) is 1.86. The van der Waals surface area contributed by atoms with E-state index >= 15 is 0 Å². The maximum Gasteiger partial charge on any atom is 0.0254 e. The van der Waals surface area contributed by atoms with Crippen LogP contribution in [0.25, 0.3) is 0 Å². The van der Waals surface area contributed by atoms with Crippen molar-refractivity contribution in [2.24, 2.45) is 0 Å². The third kappa shape index (κ3) is 3.28. The van der Waals surface area contributed by atoms with Crippen LogP contribution in [-0.4, -0.2) is 35.6 Å². The Labute approximate surface area is 82.7 Å². The first kappa shape index (κ1) is 11.0. The lowest BCUT2D eigenvalue weighted by molar-refractivity contribution is 0.189. The van der Waals surface area contributed by atoms with Gasteiger partial charge in [0.25, 0.3) is 0 Å². The van der Waals surface area contributed by atoms with Gasteiger partial charge in [-0.05, 0) is 47.6 Å². The molecule has 0 spiro atoms. The molecule has 1 saturated heterocycles. The maximum absolute atomic E-state index is 3.66. The van der Waals surface area contributed by atoms with Crippen LogP contribution in [0, 0.1) is 0 Å². The van der Waals surface area contributed by atoms with E-state index in [0.717, 1.165) is 6.54 Å². The van der Waals surface area contributed by atoms with Crippen LogP contribution < -0.4 is 5.32 Å². The molecule has 78 valence electrons. The Balaban J connectivity index is 2.62. The lowest BCUT2D eigenvalue weighted by Gasteiger charge is -2.33. The summed E-state index contributed by atoms with van der Waals surface area (Å²) in [5.41, 5.74) is 0.264. The van der Waals surface area contributed by atoms with Gasteiger partial charge in [0.2, 0.25) is 0 Å². The standard InChI is InChI=1S/C11H24N2/c1-9(2)13-7-6-10(3)12-11(4,5)8-13/h9-10,12H,6-8H2,1-5H3. The van der Waals surface area contributed by atoms with E-state index in [-0.39, 0.29) is 5.54 Å². The molecule has 0 aromatic carbocycles. The fourth-order valence-electron chi connectivity index (χ4n) is 2.17.